The van der Waals surface area contributed by atoms with E-state index < -0.39 is 0 Å². The van der Waals surface area contributed by atoms with Crippen molar-refractivity contribution in [3.05, 3.63) is 47.9 Å². The third-order valence-corrected chi connectivity index (χ3v) is 3.87. The lowest BCUT2D eigenvalue weighted by Crippen LogP contribution is -2.07. The predicted molar refractivity (Wildman–Crippen MR) is 84.0 cm³/mol. The second kappa shape index (κ2) is 5.69. The molecule has 3 aromatic rings. The first-order valence-electron chi connectivity index (χ1n) is 7.45. The second-order valence-corrected chi connectivity index (χ2v) is 5.27. The number of aryl methyl sites for hydroxylation is 1. The molecule has 0 saturated heterocycles. The molecule has 2 heterocycles. The van der Waals surface area contributed by atoms with E-state index in [0.29, 0.717) is 6.54 Å². The first-order valence-corrected chi connectivity index (χ1v) is 7.45. The zero-order chi connectivity index (χ0) is 14.8. The van der Waals surface area contributed by atoms with E-state index in [1.807, 2.05) is 27.8 Å². The fourth-order valence-electron chi connectivity index (χ4n) is 2.60. The molecule has 0 aliphatic heterocycles. The largest absolute Gasteiger partial charge is 0.324 e. The molecule has 1 atom stereocenters. The number of para-hydroxylation sites is 1. The molecule has 2 aromatic heterocycles. The van der Waals surface area contributed by atoms with E-state index in [1.54, 1.807) is 0 Å². The third kappa shape index (κ3) is 2.56. The molecular formula is C16H21N5. The summed E-state index contributed by atoms with van der Waals surface area (Å²) in [5.74, 6) is 0. The first-order chi connectivity index (χ1) is 10.2. The van der Waals surface area contributed by atoms with E-state index in [9.17, 15) is 0 Å². The molecule has 0 spiro atoms. The topological polar surface area (TPSA) is 61.7 Å². The number of nitrogens with two attached hydrogens (primary N) is 1. The minimum atomic E-state index is 0.0590. The maximum absolute atomic E-state index is 6.04. The lowest BCUT2D eigenvalue weighted by atomic mass is 10.1. The molecule has 0 aliphatic carbocycles. The van der Waals surface area contributed by atoms with Gasteiger partial charge in [-0.2, -0.15) is 10.2 Å². The van der Waals surface area contributed by atoms with E-state index in [4.69, 9.17) is 10.8 Å². The maximum atomic E-state index is 6.04. The molecule has 0 radical (unpaired) electrons. The number of benzene rings is 1. The summed E-state index contributed by atoms with van der Waals surface area (Å²) in [5, 5.41) is 10.3. The number of rotatable bonds is 5. The molecule has 0 amide bonds. The van der Waals surface area contributed by atoms with Crippen LogP contribution in [0.3, 0.4) is 0 Å². The number of aromatic nitrogens is 4. The van der Waals surface area contributed by atoms with Gasteiger partial charge in [-0.05, 0) is 19.4 Å². The minimum absolute atomic E-state index is 0.0590. The second-order valence-electron chi connectivity index (χ2n) is 5.27. The van der Waals surface area contributed by atoms with Gasteiger partial charge in [0.1, 0.15) is 0 Å². The number of hydrogen-bond acceptors (Lipinski definition) is 3. The summed E-state index contributed by atoms with van der Waals surface area (Å²) in [6, 6.07) is 8.38. The molecule has 3 rings (SSSR count). The van der Waals surface area contributed by atoms with Crippen molar-refractivity contribution >= 4 is 10.9 Å². The van der Waals surface area contributed by atoms with Crippen LogP contribution in [0.25, 0.3) is 10.9 Å². The Morgan fingerprint density at radius 2 is 2.05 bits per heavy atom. The lowest BCUT2D eigenvalue weighted by Gasteiger charge is -2.03. The highest BCUT2D eigenvalue weighted by molar-refractivity contribution is 5.81. The summed E-state index contributed by atoms with van der Waals surface area (Å²) < 4.78 is 3.95. The number of nitrogens with zero attached hydrogens (tertiary/aromatic N) is 4. The van der Waals surface area contributed by atoms with Gasteiger partial charge in [0.15, 0.2) is 0 Å². The Kier molecular flexibility index (Phi) is 3.75. The molecule has 110 valence electrons. The van der Waals surface area contributed by atoms with Crippen molar-refractivity contribution in [2.24, 2.45) is 5.73 Å². The fraction of sp³-hybridized carbons (Fsp3) is 0.375. The van der Waals surface area contributed by atoms with Crippen molar-refractivity contribution in [2.75, 3.05) is 0 Å². The summed E-state index contributed by atoms with van der Waals surface area (Å²) in [4.78, 5) is 0. The average Bonchev–Trinajstić information content (AvgIpc) is 3.12. The van der Waals surface area contributed by atoms with E-state index in [2.05, 4.69) is 37.1 Å². The standard InChI is InChI=1S/C16H21N5/c1-3-14(17)12-9-18-20(10-12)11-15-13-7-5-6-8-16(13)21(4-2)19-15/h5-10,14H,3-4,11,17H2,1-2H3. The minimum Gasteiger partial charge on any atom is -0.324 e. The quantitative estimate of drug-likeness (QED) is 0.783. The molecule has 5 heteroatoms. The van der Waals surface area contributed by atoms with E-state index in [-0.39, 0.29) is 6.04 Å². The molecule has 1 aromatic carbocycles. The first kappa shape index (κ1) is 13.8. The van der Waals surface area contributed by atoms with E-state index in [0.717, 1.165) is 24.2 Å². The molecule has 21 heavy (non-hydrogen) atoms. The van der Waals surface area contributed by atoms with Gasteiger partial charge < -0.3 is 5.73 Å². The normalized spacial score (nSPS) is 12.9. The molecular weight excluding hydrogens is 262 g/mol. The fourth-order valence-corrected chi connectivity index (χ4v) is 2.60. The van der Waals surface area contributed by atoms with Crippen molar-refractivity contribution in [1.82, 2.24) is 19.6 Å². The van der Waals surface area contributed by atoms with Gasteiger partial charge in [-0.25, -0.2) is 0 Å². The van der Waals surface area contributed by atoms with Crippen molar-refractivity contribution in [3.8, 4) is 0 Å². The average molecular weight is 283 g/mol. The van der Waals surface area contributed by atoms with Crippen molar-refractivity contribution in [2.45, 2.75) is 39.4 Å². The van der Waals surface area contributed by atoms with Gasteiger partial charge in [0.2, 0.25) is 0 Å². The van der Waals surface area contributed by atoms with Crippen LogP contribution < -0.4 is 5.73 Å². The highest BCUT2D eigenvalue weighted by Crippen LogP contribution is 2.20. The molecule has 1 unspecified atom stereocenters. The number of fused-ring (bicyclic) bond motifs is 1. The molecule has 0 bridgehead atoms. The summed E-state index contributed by atoms with van der Waals surface area (Å²) in [7, 11) is 0. The van der Waals surface area contributed by atoms with Crippen molar-refractivity contribution in [1.29, 1.82) is 0 Å². The van der Waals surface area contributed by atoms with Crippen LogP contribution in [0.15, 0.2) is 36.7 Å². The molecule has 0 aliphatic rings. The zero-order valence-corrected chi connectivity index (χ0v) is 12.5. The Bertz CT molecular complexity index is 740. The van der Waals surface area contributed by atoms with Gasteiger partial charge in [0.05, 0.1) is 24.0 Å². The summed E-state index contributed by atoms with van der Waals surface area (Å²) >= 11 is 0. The van der Waals surface area contributed by atoms with E-state index in [1.165, 1.54) is 10.9 Å². The molecule has 0 fully saturated rings. The molecule has 0 saturated carbocycles. The smallest absolute Gasteiger partial charge is 0.0918 e. The van der Waals surface area contributed by atoms with Gasteiger partial charge in [-0.3, -0.25) is 9.36 Å². The predicted octanol–water partition coefficient (Wildman–Crippen LogP) is 2.71. The Morgan fingerprint density at radius 1 is 1.24 bits per heavy atom. The van der Waals surface area contributed by atoms with Gasteiger partial charge in [0, 0.05) is 29.7 Å². The maximum Gasteiger partial charge on any atom is 0.0918 e. The Balaban J connectivity index is 1.93. The Hall–Kier alpha value is -2.14. The summed E-state index contributed by atoms with van der Waals surface area (Å²) in [6.07, 6.45) is 4.79. The van der Waals surface area contributed by atoms with Crippen molar-refractivity contribution < 1.29 is 0 Å². The van der Waals surface area contributed by atoms with Gasteiger partial charge in [0.25, 0.3) is 0 Å². The number of hydrogen-bond donors (Lipinski definition) is 1. The van der Waals surface area contributed by atoms with Crippen LogP contribution >= 0.6 is 0 Å². The van der Waals surface area contributed by atoms with Crippen LogP contribution in [-0.4, -0.2) is 19.6 Å². The lowest BCUT2D eigenvalue weighted by molar-refractivity contribution is 0.626. The van der Waals surface area contributed by atoms with E-state index >= 15 is 0 Å². The highest BCUT2D eigenvalue weighted by atomic mass is 15.3. The van der Waals surface area contributed by atoms with Crippen LogP contribution in [0.2, 0.25) is 0 Å². The zero-order valence-electron chi connectivity index (χ0n) is 12.5. The van der Waals surface area contributed by atoms with Crippen molar-refractivity contribution in [3.63, 3.8) is 0 Å². The highest BCUT2D eigenvalue weighted by Gasteiger charge is 2.11. The summed E-state index contributed by atoms with van der Waals surface area (Å²) in [5.41, 5.74) is 9.35. The van der Waals surface area contributed by atoms with Gasteiger partial charge in [-0.15, -0.1) is 0 Å². The van der Waals surface area contributed by atoms with Crippen LogP contribution in [0.4, 0.5) is 0 Å². The molecule has 5 nitrogen and oxygen atoms in total. The van der Waals surface area contributed by atoms with Crippen LogP contribution in [0, 0.1) is 0 Å². The van der Waals surface area contributed by atoms with Crippen LogP contribution in [0.5, 0.6) is 0 Å². The van der Waals surface area contributed by atoms with Crippen LogP contribution in [-0.2, 0) is 13.1 Å². The third-order valence-electron chi connectivity index (χ3n) is 3.87. The Morgan fingerprint density at radius 3 is 2.81 bits per heavy atom. The monoisotopic (exact) mass is 283 g/mol. The SMILES string of the molecule is CCC(N)c1cnn(Cc2nn(CC)c3ccccc23)c1. The van der Waals surface area contributed by atoms with Gasteiger partial charge >= 0.3 is 0 Å². The summed E-state index contributed by atoms with van der Waals surface area (Å²) in [6.45, 7) is 5.73. The van der Waals surface area contributed by atoms with Crippen LogP contribution in [0.1, 0.15) is 37.6 Å². The Labute approximate surface area is 124 Å². The van der Waals surface area contributed by atoms with Gasteiger partial charge in [-0.1, -0.05) is 25.1 Å². The molecule has 2 N–H and O–H groups in total.